The SMILES string of the molecule is O=C(Nc1cccc2c(O)cccc12)C(=O)N[C@H](CO)Cc1ccccc1. The van der Waals surface area contributed by atoms with Crippen molar-refractivity contribution in [2.24, 2.45) is 0 Å². The molecule has 27 heavy (non-hydrogen) atoms. The van der Waals surface area contributed by atoms with Gasteiger partial charge in [-0.05, 0) is 24.1 Å². The number of hydrogen-bond donors (Lipinski definition) is 4. The van der Waals surface area contributed by atoms with Crippen molar-refractivity contribution in [1.82, 2.24) is 5.32 Å². The van der Waals surface area contributed by atoms with Crippen LogP contribution in [0.15, 0.2) is 66.7 Å². The van der Waals surface area contributed by atoms with Crippen molar-refractivity contribution in [3.8, 4) is 5.75 Å². The van der Waals surface area contributed by atoms with Crippen LogP contribution in [0.3, 0.4) is 0 Å². The number of benzene rings is 3. The van der Waals surface area contributed by atoms with Gasteiger partial charge in [0.15, 0.2) is 0 Å². The third kappa shape index (κ3) is 4.43. The molecule has 3 aromatic carbocycles. The molecule has 0 aliphatic rings. The molecule has 0 unspecified atom stereocenters. The predicted octanol–water partition coefficient (Wildman–Crippen LogP) is 2.20. The standard InChI is InChI=1S/C21H20N2O4/c24-13-15(12-14-6-2-1-3-7-14)22-20(26)21(27)23-18-10-4-9-17-16(18)8-5-11-19(17)25/h1-11,15,24-25H,12-13H2,(H,22,26)(H,23,27)/t15-/m0/s1. The molecule has 138 valence electrons. The van der Waals surface area contributed by atoms with E-state index < -0.39 is 17.9 Å². The van der Waals surface area contributed by atoms with Gasteiger partial charge in [0.1, 0.15) is 5.75 Å². The molecule has 0 saturated heterocycles. The zero-order valence-corrected chi connectivity index (χ0v) is 14.6. The van der Waals surface area contributed by atoms with Gasteiger partial charge < -0.3 is 20.8 Å². The Hall–Kier alpha value is -3.38. The van der Waals surface area contributed by atoms with Crippen LogP contribution in [0.2, 0.25) is 0 Å². The van der Waals surface area contributed by atoms with Crippen molar-refractivity contribution in [1.29, 1.82) is 0 Å². The fourth-order valence-corrected chi connectivity index (χ4v) is 2.89. The normalized spacial score (nSPS) is 11.7. The fraction of sp³-hybridized carbons (Fsp3) is 0.143. The molecule has 6 heteroatoms. The van der Waals surface area contributed by atoms with E-state index in [0.29, 0.717) is 22.9 Å². The molecule has 3 aromatic rings. The minimum atomic E-state index is -0.836. The van der Waals surface area contributed by atoms with E-state index in [4.69, 9.17) is 0 Å². The van der Waals surface area contributed by atoms with Crippen molar-refractivity contribution in [3.05, 3.63) is 72.3 Å². The third-order valence-electron chi connectivity index (χ3n) is 4.23. The van der Waals surface area contributed by atoms with Gasteiger partial charge in [-0.15, -0.1) is 0 Å². The van der Waals surface area contributed by atoms with E-state index in [0.717, 1.165) is 5.56 Å². The summed E-state index contributed by atoms with van der Waals surface area (Å²) in [6.07, 6.45) is 0.415. The third-order valence-corrected chi connectivity index (χ3v) is 4.23. The van der Waals surface area contributed by atoms with E-state index in [2.05, 4.69) is 10.6 Å². The first-order valence-corrected chi connectivity index (χ1v) is 8.56. The smallest absolute Gasteiger partial charge is 0.313 e. The van der Waals surface area contributed by atoms with Crippen LogP contribution in [-0.2, 0) is 16.0 Å². The number of fused-ring (bicyclic) bond motifs is 1. The monoisotopic (exact) mass is 364 g/mol. The van der Waals surface area contributed by atoms with Crippen molar-refractivity contribution in [3.63, 3.8) is 0 Å². The maximum atomic E-state index is 12.3. The van der Waals surface area contributed by atoms with Crippen molar-refractivity contribution in [2.45, 2.75) is 12.5 Å². The van der Waals surface area contributed by atoms with E-state index in [1.807, 2.05) is 30.3 Å². The lowest BCUT2D eigenvalue weighted by Crippen LogP contribution is -2.44. The Morgan fingerprint density at radius 1 is 0.852 bits per heavy atom. The molecule has 0 aliphatic heterocycles. The Kier molecular flexibility index (Phi) is 5.68. The van der Waals surface area contributed by atoms with Gasteiger partial charge in [0.2, 0.25) is 0 Å². The zero-order chi connectivity index (χ0) is 19.2. The van der Waals surface area contributed by atoms with E-state index in [9.17, 15) is 19.8 Å². The van der Waals surface area contributed by atoms with Gasteiger partial charge in [0.25, 0.3) is 0 Å². The second-order valence-electron chi connectivity index (χ2n) is 6.17. The van der Waals surface area contributed by atoms with Crippen LogP contribution < -0.4 is 10.6 Å². The average molecular weight is 364 g/mol. The first-order valence-electron chi connectivity index (χ1n) is 8.56. The number of carbonyl (C=O) groups excluding carboxylic acids is 2. The Morgan fingerprint density at radius 2 is 1.56 bits per heavy atom. The quantitative estimate of drug-likeness (QED) is 0.522. The van der Waals surface area contributed by atoms with Crippen LogP contribution in [0.5, 0.6) is 5.75 Å². The highest BCUT2D eigenvalue weighted by Gasteiger charge is 2.19. The number of aliphatic hydroxyl groups is 1. The van der Waals surface area contributed by atoms with E-state index in [-0.39, 0.29) is 12.4 Å². The van der Waals surface area contributed by atoms with E-state index >= 15 is 0 Å². The van der Waals surface area contributed by atoms with E-state index in [1.165, 1.54) is 0 Å². The summed E-state index contributed by atoms with van der Waals surface area (Å²) in [7, 11) is 0. The van der Waals surface area contributed by atoms with Gasteiger partial charge in [-0.25, -0.2) is 0 Å². The molecule has 0 heterocycles. The Bertz CT molecular complexity index is 957. The molecular weight excluding hydrogens is 344 g/mol. The Morgan fingerprint density at radius 3 is 2.30 bits per heavy atom. The van der Waals surface area contributed by atoms with Crippen molar-refractivity contribution >= 4 is 28.3 Å². The number of aromatic hydroxyl groups is 1. The molecule has 0 bridgehead atoms. The van der Waals surface area contributed by atoms with Crippen LogP contribution in [0.1, 0.15) is 5.56 Å². The number of phenolic OH excluding ortho intramolecular Hbond substituents is 1. The first-order chi connectivity index (χ1) is 13.1. The van der Waals surface area contributed by atoms with E-state index in [1.54, 1.807) is 36.4 Å². The number of rotatable bonds is 5. The van der Waals surface area contributed by atoms with Crippen LogP contribution in [0.4, 0.5) is 5.69 Å². The van der Waals surface area contributed by atoms with Crippen molar-refractivity contribution < 1.29 is 19.8 Å². The number of carbonyl (C=O) groups is 2. The highest BCUT2D eigenvalue weighted by molar-refractivity contribution is 6.40. The summed E-state index contributed by atoms with van der Waals surface area (Å²) in [5.41, 5.74) is 1.37. The molecule has 0 spiro atoms. The first kappa shape index (κ1) is 18.4. The van der Waals surface area contributed by atoms with Gasteiger partial charge in [-0.1, -0.05) is 54.6 Å². The minimum Gasteiger partial charge on any atom is -0.507 e. The lowest BCUT2D eigenvalue weighted by Gasteiger charge is -2.16. The molecule has 1 atom stereocenters. The Balaban J connectivity index is 1.69. The summed E-state index contributed by atoms with van der Waals surface area (Å²) in [4.78, 5) is 24.5. The molecule has 4 N–H and O–H groups in total. The molecule has 0 aromatic heterocycles. The molecule has 0 fully saturated rings. The minimum absolute atomic E-state index is 0.0938. The molecule has 0 aliphatic carbocycles. The number of anilines is 1. The lowest BCUT2D eigenvalue weighted by atomic mass is 10.1. The summed E-state index contributed by atoms with van der Waals surface area (Å²) in [5, 5.41) is 25.7. The zero-order valence-electron chi connectivity index (χ0n) is 14.6. The van der Waals surface area contributed by atoms with Crippen LogP contribution in [0.25, 0.3) is 10.8 Å². The summed E-state index contributed by atoms with van der Waals surface area (Å²) < 4.78 is 0. The van der Waals surface area contributed by atoms with Crippen LogP contribution in [0, 0.1) is 0 Å². The Labute approximate surface area is 156 Å². The average Bonchev–Trinajstić information content (AvgIpc) is 2.69. The van der Waals surface area contributed by atoms with Gasteiger partial charge in [0, 0.05) is 16.5 Å². The van der Waals surface area contributed by atoms with Gasteiger partial charge in [0.05, 0.1) is 12.6 Å². The summed E-state index contributed by atoms with van der Waals surface area (Å²) in [6.45, 7) is -0.282. The van der Waals surface area contributed by atoms with Gasteiger partial charge in [-0.2, -0.15) is 0 Å². The van der Waals surface area contributed by atoms with Crippen LogP contribution in [-0.4, -0.2) is 34.7 Å². The topological polar surface area (TPSA) is 98.7 Å². The molecule has 0 radical (unpaired) electrons. The van der Waals surface area contributed by atoms with Crippen LogP contribution >= 0.6 is 0 Å². The maximum absolute atomic E-state index is 12.3. The molecule has 0 saturated carbocycles. The molecule has 2 amide bonds. The van der Waals surface area contributed by atoms with Crippen molar-refractivity contribution in [2.75, 3.05) is 11.9 Å². The summed E-state index contributed by atoms with van der Waals surface area (Å²) in [6, 6.07) is 18.8. The number of aliphatic hydroxyl groups excluding tert-OH is 1. The highest BCUT2D eigenvalue weighted by atomic mass is 16.3. The summed E-state index contributed by atoms with van der Waals surface area (Å²) in [5.74, 6) is -1.57. The molecular formula is C21H20N2O4. The largest absolute Gasteiger partial charge is 0.507 e. The maximum Gasteiger partial charge on any atom is 0.313 e. The summed E-state index contributed by atoms with van der Waals surface area (Å²) >= 11 is 0. The number of amides is 2. The van der Waals surface area contributed by atoms with Gasteiger partial charge in [-0.3, -0.25) is 9.59 Å². The highest BCUT2D eigenvalue weighted by Crippen LogP contribution is 2.29. The second-order valence-corrected chi connectivity index (χ2v) is 6.17. The van der Waals surface area contributed by atoms with Gasteiger partial charge >= 0.3 is 11.8 Å². The lowest BCUT2D eigenvalue weighted by molar-refractivity contribution is -0.136. The number of hydrogen-bond acceptors (Lipinski definition) is 4. The molecule has 6 nitrogen and oxygen atoms in total. The molecule has 3 rings (SSSR count). The predicted molar refractivity (Wildman–Crippen MR) is 103 cm³/mol. The number of nitrogens with one attached hydrogen (secondary N) is 2. The second kappa shape index (κ2) is 8.33. The fourth-order valence-electron chi connectivity index (χ4n) is 2.89. The number of phenols is 1.